The van der Waals surface area contributed by atoms with Crippen molar-refractivity contribution < 1.29 is 22.7 Å². The zero-order valence-electron chi connectivity index (χ0n) is 14.1. The molecule has 0 aromatic carbocycles. The van der Waals surface area contributed by atoms with Crippen molar-refractivity contribution in [3.8, 4) is 0 Å². The summed E-state index contributed by atoms with van der Waals surface area (Å²) in [6.45, 7) is 18.0. The molecule has 0 saturated carbocycles. The van der Waals surface area contributed by atoms with Gasteiger partial charge in [-0.05, 0) is 58.9 Å². The molecule has 1 amide bonds. The van der Waals surface area contributed by atoms with E-state index in [-0.39, 0.29) is 0 Å². The molecule has 0 aliphatic carbocycles. The van der Waals surface area contributed by atoms with Crippen LogP contribution < -0.4 is 0 Å². The van der Waals surface area contributed by atoms with E-state index < -0.39 is 40.5 Å². The van der Waals surface area contributed by atoms with Crippen LogP contribution in [0.4, 0.5) is 4.79 Å². The maximum atomic E-state index is 11.5. The molecule has 0 radical (unpaired) electrons. The number of hydrogen-bond acceptors (Lipinski definition) is 4. The molecule has 10 heteroatoms. The smallest absolute Gasteiger partial charge is 0.452 e. The lowest BCUT2D eigenvalue weighted by atomic mass is 11.3. The number of nitrogens with zero attached hydrogens (tertiary/aromatic N) is 1. The normalized spacial score (nSPS) is 13.7. The van der Waals surface area contributed by atoms with Gasteiger partial charge in [0.25, 0.3) is 0 Å². The highest BCUT2D eigenvalue weighted by Gasteiger charge is 2.39. The molecule has 0 aliphatic rings. The Bertz CT molecular complexity index is 318. The zero-order valence-corrected chi connectivity index (χ0v) is 18.3. The first-order chi connectivity index (χ1) is 8.61. The quantitative estimate of drug-likeness (QED) is 0.561. The van der Waals surface area contributed by atoms with E-state index in [0.717, 1.165) is 4.73 Å². The van der Waals surface area contributed by atoms with Crippen molar-refractivity contribution in [1.29, 1.82) is 0 Å². The Balaban J connectivity index is 5.26. The summed E-state index contributed by atoms with van der Waals surface area (Å²) in [6.07, 6.45) is -1.12. The molecule has 0 aromatic rings. The first-order valence-corrected chi connectivity index (χ1v) is 18.4. The second-order valence-electron chi connectivity index (χ2n) is 7.58. The van der Waals surface area contributed by atoms with Gasteiger partial charge in [0.05, 0.1) is 0 Å². The third kappa shape index (κ3) is 9.85. The standard InChI is InChI=1S/C10H29NO5Si4/c1-18(2,3)14-11(10(12)13)17(15-19(4,5)6)16-20(7,8)9/h17H,1-9H3,(H,12,13). The zero-order chi connectivity index (χ0) is 16.4. The average Bonchev–Trinajstić information content (AvgIpc) is 2.06. The van der Waals surface area contributed by atoms with Crippen LogP contribution in [0.1, 0.15) is 0 Å². The van der Waals surface area contributed by atoms with Crippen LogP contribution in [-0.2, 0) is 12.8 Å². The van der Waals surface area contributed by atoms with Crippen LogP contribution in [-0.4, -0.2) is 50.3 Å². The average molecular weight is 356 g/mol. The Hall–Kier alpha value is 0.0175. The van der Waals surface area contributed by atoms with Crippen LogP contribution in [0.5, 0.6) is 0 Å². The Morgan fingerprint density at radius 1 is 0.850 bits per heavy atom. The van der Waals surface area contributed by atoms with Crippen LogP contribution in [0.25, 0.3) is 0 Å². The van der Waals surface area contributed by atoms with Crippen molar-refractivity contribution in [2.75, 3.05) is 0 Å². The summed E-state index contributed by atoms with van der Waals surface area (Å²) in [5.74, 6) is 0. The van der Waals surface area contributed by atoms with Crippen LogP contribution in [0.15, 0.2) is 0 Å². The largest absolute Gasteiger partial charge is 0.464 e. The van der Waals surface area contributed by atoms with Crippen LogP contribution in [0.3, 0.4) is 0 Å². The fourth-order valence-electron chi connectivity index (χ4n) is 1.19. The molecule has 0 unspecified atom stereocenters. The highest BCUT2D eigenvalue weighted by atomic mass is 28.5. The van der Waals surface area contributed by atoms with Gasteiger partial charge in [-0.25, -0.2) is 4.79 Å². The summed E-state index contributed by atoms with van der Waals surface area (Å²) >= 11 is 0. The van der Waals surface area contributed by atoms with Crippen molar-refractivity contribution >= 4 is 40.5 Å². The molecule has 0 spiro atoms. The van der Waals surface area contributed by atoms with Gasteiger partial charge in [0.2, 0.25) is 8.32 Å². The van der Waals surface area contributed by atoms with Gasteiger partial charge in [-0.15, -0.1) is 0 Å². The molecule has 20 heavy (non-hydrogen) atoms. The molecular weight excluding hydrogens is 326 g/mol. The lowest BCUT2D eigenvalue weighted by Crippen LogP contribution is -2.57. The fraction of sp³-hybridized carbons (Fsp3) is 0.900. The number of carbonyl (C=O) groups is 1. The van der Waals surface area contributed by atoms with Crippen LogP contribution in [0.2, 0.25) is 58.9 Å². The minimum Gasteiger partial charge on any atom is -0.464 e. The lowest BCUT2D eigenvalue weighted by Gasteiger charge is -2.37. The minimum atomic E-state index is -2.59. The van der Waals surface area contributed by atoms with E-state index in [2.05, 4.69) is 0 Å². The summed E-state index contributed by atoms with van der Waals surface area (Å²) in [6, 6.07) is 0. The Labute approximate surface area is 127 Å². The maximum absolute atomic E-state index is 11.5. The van der Waals surface area contributed by atoms with E-state index in [0.29, 0.717) is 0 Å². The third-order valence-electron chi connectivity index (χ3n) is 1.66. The molecule has 1 N–H and O–H groups in total. The molecule has 0 aliphatic heterocycles. The van der Waals surface area contributed by atoms with Crippen molar-refractivity contribution in [3.63, 3.8) is 0 Å². The maximum Gasteiger partial charge on any atom is 0.452 e. The van der Waals surface area contributed by atoms with E-state index in [1.807, 2.05) is 58.9 Å². The van der Waals surface area contributed by atoms with Gasteiger partial charge in [0, 0.05) is 0 Å². The SMILES string of the molecule is C[Si](C)(C)ON(C(=O)O)[SiH](O[Si](C)(C)C)O[Si](C)(C)C. The Kier molecular flexibility index (Phi) is 6.86. The van der Waals surface area contributed by atoms with Gasteiger partial charge in [0.15, 0.2) is 16.6 Å². The monoisotopic (exact) mass is 355 g/mol. The summed E-state index contributed by atoms with van der Waals surface area (Å²) in [7, 11) is -8.46. The molecule has 0 bridgehead atoms. The molecule has 0 atom stereocenters. The predicted octanol–water partition coefficient (Wildman–Crippen LogP) is 3.15. The molecule has 0 saturated heterocycles. The van der Waals surface area contributed by atoms with Crippen LogP contribution >= 0.6 is 0 Å². The molecule has 0 aromatic heterocycles. The van der Waals surface area contributed by atoms with Gasteiger partial charge >= 0.3 is 15.5 Å². The van der Waals surface area contributed by atoms with Gasteiger partial charge in [0.1, 0.15) is 0 Å². The summed E-state index contributed by atoms with van der Waals surface area (Å²) in [4.78, 5) is 11.5. The highest BCUT2D eigenvalue weighted by Crippen LogP contribution is 2.18. The van der Waals surface area contributed by atoms with E-state index in [1.54, 1.807) is 0 Å². The van der Waals surface area contributed by atoms with Crippen molar-refractivity contribution in [2.24, 2.45) is 0 Å². The Morgan fingerprint density at radius 3 is 1.40 bits per heavy atom. The number of carboxylic acid groups (broad SMARTS) is 1. The highest BCUT2D eigenvalue weighted by molar-refractivity contribution is 6.81. The van der Waals surface area contributed by atoms with Crippen LogP contribution in [0, 0.1) is 0 Å². The summed E-state index contributed by atoms with van der Waals surface area (Å²) in [5.41, 5.74) is 0. The molecule has 6 nitrogen and oxygen atoms in total. The lowest BCUT2D eigenvalue weighted by molar-refractivity contribution is 0.00105. The van der Waals surface area contributed by atoms with Gasteiger partial charge < -0.3 is 17.9 Å². The molecule has 0 fully saturated rings. The molecular formula is C10H29NO5Si4. The van der Waals surface area contributed by atoms with Gasteiger partial charge in [-0.2, -0.15) is 4.73 Å². The molecule has 0 rings (SSSR count). The first kappa shape index (κ1) is 20.0. The van der Waals surface area contributed by atoms with Gasteiger partial charge in [-0.1, -0.05) is 0 Å². The van der Waals surface area contributed by atoms with Gasteiger partial charge in [-0.3, -0.25) is 0 Å². The molecule has 120 valence electrons. The second kappa shape index (κ2) is 6.85. The topological polar surface area (TPSA) is 68.2 Å². The predicted molar refractivity (Wildman–Crippen MR) is 90.3 cm³/mol. The first-order valence-electron chi connectivity index (χ1n) is 6.68. The third-order valence-corrected chi connectivity index (χ3v) is 10.6. The minimum absolute atomic E-state index is 0.989. The number of rotatable bonds is 7. The Morgan fingerprint density at radius 2 is 1.20 bits per heavy atom. The summed E-state index contributed by atoms with van der Waals surface area (Å²) in [5, 5.41) is 9.43. The van der Waals surface area contributed by atoms with Crippen molar-refractivity contribution in [3.05, 3.63) is 0 Å². The van der Waals surface area contributed by atoms with E-state index in [9.17, 15) is 9.90 Å². The summed E-state index contributed by atoms with van der Waals surface area (Å²) < 4.78 is 18.7. The van der Waals surface area contributed by atoms with Crippen molar-refractivity contribution in [1.82, 2.24) is 4.73 Å². The second-order valence-corrected chi connectivity index (χ2v) is 23.4. The molecule has 0 heterocycles. The van der Waals surface area contributed by atoms with E-state index in [1.165, 1.54) is 0 Å². The number of amides is 1. The fourth-order valence-corrected chi connectivity index (χ4v) is 9.56. The van der Waals surface area contributed by atoms with E-state index in [4.69, 9.17) is 12.8 Å². The van der Waals surface area contributed by atoms with Crippen molar-refractivity contribution in [2.45, 2.75) is 58.9 Å². The number of hydroxylamine groups is 1. The number of hydrogen-bond donors (Lipinski definition) is 1. The van der Waals surface area contributed by atoms with E-state index >= 15 is 0 Å².